The Kier molecular flexibility index (Phi) is 5.95. The Labute approximate surface area is 109 Å². The van der Waals surface area contributed by atoms with Gasteiger partial charge in [0.15, 0.2) is 0 Å². The highest BCUT2D eigenvalue weighted by atomic mass is 19.4. The van der Waals surface area contributed by atoms with Crippen LogP contribution in [0.25, 0.3) is 0 Å². The molecular weight excluding hydrogens is 259 g/mol. The summed E-state index contributed by atoms with van der Waals surface area (Å²) in [5, 5.41) is 2.98. The van der Waals surface area contributed by atoms with E-state index in [1.165, 1.54) is 12.1 Å². The first kappa shape index (κ1) is 15.6. The van der Waals surface area contributed by atoms with Crippen LogP contribution in [0, 0.1) is 4.91 Å². The molecule has 0 N–H and O–H groups in total. The number of halogens is 3. The molecule has 0 saturated heterocycles. The Bertz CT molecular complexity index is 390. The zero-order chi connectivity index (χ0) is 14.3. The van der Waals surface area contributed by atoms with Gasteiger partial charge >= 0.3 is 6.18 Å². The number of alkyl halides is 3. The van der Waals surface area contributed by atoms with Gasteiger partial charge in [-0.15, -0.1) is 0 Å². The lowest BCUT2D eigenvalue weighted by Gasteiger charge is -2.11. The largest absolute Gasteiger partial charge is 0.416 e. The molecule has 1 rings (SSSR count). The average molecular weight is 275 g/mol. The van der Waals surface area contributed by atoms with Crippen molar-refractivity contribution in [2.45, 2.75) is 31.5 Å². The summed E-state index contributed by atoms with van der Waals surface area (Å²) < 4.78 is 42.1. The van der Waals surface area contributed by atoms with Crippen molar-refractivity contribution in [2.24, 2.45) is 5.18 Å². The van der Waals surface area contributed by atoms with Crippen LogP contribution in [-0.4, -0.2) is 13.7 Å². The molecule has 0 saturated carbocycles. The fourth-order valence-electron chi connectivity index (χ4n) is 1.76. The Balaban J connectivity index is 2.64. The molecule has 0 spiro atoms. The third-order valence-electron chi connectivity index (χ3n) is 2.83. The van der Waals surface area contributed by atoms with Crippen LogP contribution in [0.1, 0.15) is 36.4 Å². The van der Waals surface area contributed by atoms with Gasteiger partial charge in [-0.05, 0) is 37.0 Å². The molecule has 0 heterocycles. The molecule has 1 aromatic carbocycles. The molecule has 19 heavy (non-hydrogen) atoms. The van der Waals surface area contributed by atoms with Crippen molar-refractivity contribution >= 4 is 0 Å². The van der Waals surface area contributed by atoms with E-state index < -0.39 is 17.8 Å². The Hall–Kier alpha value is -1.43. The molecule has 0 radical (unpaired) electrons. The molecule has 0 aliphatic heterocycles. The summed E-state index contributed by atoms with van der Waals surface area (Å²) in [4.78, 5) is 10.7. The van der Waals surface area contributed by atoms with Gasteiger partial charge in [0.25, 0.3) is 0 Å². The lowest BCUT2D eigenvalue weighted by molar-refractivity contribution is -0.137. The van der Waals surface area contributed by atoms with Crippen molar-refractivity contribution in [3.05, 3.63) is 40.3 Å². The molecule has 0 aromatic heterocycles. The normalized spacial score (nSPS) is 13.3. The number of benzene rings is 1. The Morgan fingerprint density at radius 1 is 1.21 bits per heavy atom. The number of unbranched alkanes of at least 4 members (excludes halogenated alkanes) is 1. The second kappa shape index (κ2) is 7.23. The van der Waals surface area contributed by atoms with Crippen LogP contribution < -0.4 is 0 Å². The zero-order valence-corrected chi connectivity index (χ0v) is 10.6. The standard InChI is InChI=1S/C13H16F3NO2/c1-19-9-3-2-4-12(17-18)10-5-7-11(8-6-10)13(14,15)16/h5-8,12H,2-4,9H2,1H3. The smallest absolute Gasteiger partial charge is 0.385 e. The monoisotopic (exact) mass is 275 g/mol. The van der Waals surface area contributed by atoms with E-state index in [0.29, 0.717) is 18.6 Å². The minimum Gasteiger partial charge on any atom is -0.385 e. The minimum atomic E-state index is -4.36. The van der Waals surface area contributed by atoms with E-state index in [9.17, 15) is 18.1 Å². The van der Waals surface area contributed by atoms with Gasteiger partial charge < -0.3 is 4.74 Å². The van der Waals surface area contributed by atoms with Gasteiger partial charge in [-0.25, -0.2) is 0 Å². The van der Waals surface area contributed by atoms with E-state index in [1.54, 1.807) is 7.11 Å². The van der Waals surface area contributed by atoms with E-state index in [2.05, 4.69) is 5.18 Å². The number of hydrogen-bond donors (Lipinski definition) is 0. The fraction of sp³-hybridized carbons (Fsp3) is 0.538. The van der Waals surface area contributed by atoms with Crippen molar-refractivity contribution < 1.29 is 17.9 Å². The van der Waals surface area contributed by atoms with E-state index in [-0.39, 0.29) is 0 Å². The highest BCUT2D eigenvalue weighted by molar-refractivity contribution is 5.26. The third kappa shape index (κ3) is 4.98. The highest BCUT2D eigenvalue weighted by Crippen LogP contribution is 2.31. The number of nitroso groups, excluding NO2 is 1. The summed E-state index contributed by atoms with van der Waals surface area (Å²) in [7, 11) is 1.59. The van der Waals surface area contributed by atoms with E-state index >= 15 is 0 Å². The average Bonchev–Trinajstić information content (AvgIpc) is 2.38. The maximum absolute atomic E-state index is 12.4. The summed E-state index contributed by atoms with van der Waals surface area (Å²) in [6.07, 6.45) is -2.31. The van der Waals surface area contributed by atoms with Crippen molar-refractivity contribution in [1.82, 2.24) is 0 Å². The fourth-order valence-corrected chi connectivity index (χ4v) is 1.76. The Morgan fingerprint density at radius 3 is 2.32 bits per heavy atom. The van der Waals surface area contributed by atoms with Crippen LogP contribution in [-0.2, 0) is 10.9 Å². The van der Waals surface area contributed by atoms with Crippen LogP contribution in [0.3, 0.4) is 0 Å². The minimum absolute atomic E-state index is 0.512. The van der Waals surface area contributed by atoms with Crippen molar-refractivity contribution in [2.75, 3.05) is 13.7 Å². The summed E-state index contributed by atoms with van der Waals surface area (Å²) in [5.74, 6) is 0. The van der Waals surface area contributed by atoms with Gasteiger partial charge in [0.05, 0.1) is 5.56 Å². The predicted octanol–water partition coefficient (Wildman–Crippen LogP) is 4.33. The van der Waals surface area contributed by atoms with Gasteiger partial charge in [-0.2, -0.15) is 18.1 Å². The lowest BCUT2D eigenvalue weighted by Crippen LogP contribution is -2.05. The molecule has 106 valence electrons. The van der Waals surface area contributed by atoms with Gasteiger partial charge in [-0.3, -0.25) is 0 Å². The first-order valence-electron chi connectivity index (χ1n) is 5.97. The molecule has 0 amide bonds. The van der Waals surface area contributed by atoms with Crippen molar-refractivity contribution in [3.63, 3.8) is 0 Å². The SMILES string of the molecule is COCCCCC(N=O)c1ccc(C(F)(F)F)cc1. The van der Waals surface area contributed by atoms with Gasteiger partial charge in [-0.1, -0.05) is 17.3 Å². The van der Waals surface area contributed by atoms with Crippen molar-refractivity contribution in [3.8, 4) is 0 Å². The number of rotatable bonds is 7. The second-order valence-electron chi connectivity index (χ2n) is 4.23. The molecule has 0 bridgehead atoms. The molecule has 6 heteroatoms. The van der Waals surface area contributed by atoms with Crippen LogP contribution in [0.2, 0.25) is 0 Å². The number of nitrogens with zero attached hydrogens (tertiary/aromatic N) is 1. The maximum atomic E-state index is 12.4. The molecule has 0 fully saturated rings. The Morgan fingerprint density at radius 2 is 1.84 bits per heavy atom. The number of ether oxygens (including phenoxy) is 1. The van der Waals surface area contributed by atoms with Crippen LogP contribution >= 0.6 is 0 Å². The van der Waals surface area contributed by atoms with Crippen molar-refractivity contribution in [1.29, 1.82) is 0 Å². The first-order chi connectivity index (χ1) is 8.99. The summed E-state index contributed by atoms with van der Waals surface area (Å²) >= 11 is 0. The molecule has 1 aromatic rings. The molecule has 1 atom stereocenters. The van der Waals surface area contributed by atoms with Crippen LogP contribution in [0.15, 0.2) is 29.4 Å². The molecule has 3 nitrogen and oxygen atoms in total. The van der Waals surface area contributed by atoms with Gasteiger partial charge in [0.1, 0.15) is 6.04 Å². The lowest BCUT2D eigenvalue weighted by atomic mass is 10.0. The van der Waals surface area contributed by atoms with Gasteiger partial charge in [0, 0.05) is 13.7 Å². The summed E-state index contributed by atoms with van der Waals surface area (Å²) in [6, 6.07) is 3.97. The quantitative estimate of drug-likeness (QED) is 0.548. The molecule has 1 unspecified atom stereocenters. The topological polar surface area (TPSA) is 38.7 Å². The molecule has 0 aliphatic rings. The van der Waals surface area contributed by atoms with E-state index in [4.69, 9.17) is 4.74 Å². The summed E-state index contributed by atoms with van der Waals surface area (Å²) in [6.45, 7) is 0.596. The molecule has 0 aliphatic carbocycles. The third-order valence-corrected chi connectivity index (χ3v) is 2.83. The predicted molar refractivity (Wildman–Crippen MR) is 65.7 cm³/mol. The molecular formula is C13H16F3NO2. The number of methoxy groups -OCH3 is 1. The highest BCUT2D eigenvalue weighted by Gasteiger charge is 2.30. The van der Waals surface area contributed by atoms with E-state index in [1.807, 2.05) is 0 Å². The second-order valence-corrected chi connectivity index (χ2v) is 4.23. The summed E-state index contributed by atoms with van der Waals surface area (Å²) in [5.41, 5.74) is -0.208. The first-order valence-corrected chi connectivity index (χ1v) is 5.97. The van der Waals surface area contributed by atoms with Crippen LogP contribution in [0.4, 0.5) is 13.2 Å². The van der Waals surface area contributed by atoms with E-state index in [0.717, 1.165) is 25.0 Å². The van der Waals surface area contributed by atoms with Gasteiger partial charge in [0.2, 0.25) is 0 Å². The maximum Gasteiger partial charge on any atom is 0.416 e. The van der Waals surface area contributed by atoms with Crippen LogP contribution in [0.5, 0.6) is 0 Å². The number of hydrogen-bond acceptors (Lipinski definition) is 3. The zero-order valence-electron chi connectivity index (χ0n) is 10.6.